The van der Waals surface area contributed by atoms with Gasteiger partial charge >= 0.3 is 0 Å². The van der Waals surface area contributed by atoms with Gasteiger partial charge in [0.25, 0.3) is 0 Å². The molecule has 3 aliphatic carbocycles. The number of piperidine rings is 1. The minimum atomic E-state index is -0.118. The van der Waals surface area contributed by atoms with Gasteiger partial charge in [-0.2, -0.15) is 0 Å². The molecule has 2 N–H and O–H groups in total. The minimum Gasteiger partial charge on any atom is -0.378 e. The van der Waals surface area contributed by atoms with E-state index in [1.54, 1.807) is 11.9 Å². The molecule has 1 saturated heterocycles. The fourth-order valence-electron chi connectivity index (χ4n) is 9.89. The van der Waals surface area contributed by atoms with Crippen LogP contribution in [0.2, 0.25) is 0 Å². The maximum Gasteiger partial charge on any atom is 0.239 e. The van der Waals surface area contributed by atoms with Gasteiger partial charge in [0, 0.05) is 81.1 Å². The zero-order valence-electron chi connectivity index (χ0n) is 30.3. The molecule has 7 rings (SSSR count). The number of rotatable bonds is 8. The minimum absolute atomic E-state index is 0.0191. The number of benzene rings is 2. The van der Waals surface area contributed by atoms with Gasteiger partial charge in [-0.3, -0.25) is 14.4 Å². The molecule has 2 aliphatic heterocycles. The molecule has 2 heterocycles. The number of likely N-dealkylation sites (N-methyl/N-ethyl adjacent to an activating group) is 1. The first kappa shape index (κ1) is 33.8. The molecule has 5 atom stereocenters. The topological polar surface area (TPSA) is 84.8 Å². The van der Waals surface area contributed by atoms with Crippen LogP contribution in [0.4, 0.5) is 5.69 Å². The van der Waals surface area contributed by atoms with E-state index in [0.29, 0.717) is 18.3 Å². The lowest BCUT2D eigenvalue weighted by Gasteiger charge is -2.49. The molecule has 8 nitrogen and oxygen atoms in total. The Balaban J connectivity index is 0.960. The molecule has 3 fully saturated rings. The molecule has 5 aliphatic rings. The Morgan fingerprint density at radius 3 is 2.61 bits per heavy atom. The number of hydrogen-bond acceptors (Lipinski definition) is 4. The second-order valence-corrected chi connectivity index (χ2v) is 16.4. The quantitative estimate of drug-likeness (QED) is 0.423. The van der Waals surface area contributed by atoms with Crippen LogP contribution >= 0.6 is 0 Å². The summed E-state index contributed by atoms with van der Waals surface area (Å²) in [5.41, 5.74) is 6.52. The summed E-state index contributed by atoms with van der Waals surface area (Å²) in [7, 11) is 5.94. The number of aryl methyl sites for hydroxylation is 1. The highest BCUT2D eigenvalue weighted by molar-refractivity contribution is 5.85. The van der Waals surface area contributed by atoms with Crippen molar-refractivity contribution in [3.63, 3.8) is 0 Å². The molecule has 0 radical (unpaired) electrons. The molecule has 5 unspecified atom stereocenters. The molecule has 262 valence electrons. The van der Waals surface area contributed by atoms with Gasteiger partial charge in [0.05, 0.1) is 6.54 Å². The summed E-state index contributed by atoms with van der Waals surface area (Å²) in [6.45, 7) is 6.60. The third kappa shape index (κ3) is 6.64. The van der Waals surface area contributed by atoms with E-state index in [9.17, 15) is 14.4 Å². The van der Waals surface area contributed by atoms with Gasteiger partial charge in [-0.05, 0) is 96.5 Å². The summed E-state index contributed by atoms with van der Waals surface area (Å²) in [5.74, 6) is 1.24. The predicted molar refractivity (Wildman–Crippen MR) is 195 cm³/mol. The van der Waals surface area contributed by atoms with E-state index in [2.05, 4.69) is 84.5 Å². The standard InChI is InChI=1S/C41H55N5O3/c1-41(2)34-23-30(44(3)4)16-14-26(34)20-28-21-27-10-8-18-46(37(27)24-35(28)41)19-9-13-39(48)45(5)25-38(47)42-29-15-17-36-33(22-29)31-11-6-7-12-32(31)40(49)43-36/h14,16,20-21,23-24,29,31-33,36H,6-13,15,17-19,22,25H2,1-5H3,(H-,42,43,47,49)/p+1. The maximum atomic E-state index is 13.2. The first-order valence-corrected chi connectivity index (χ1v) is 18.9. The van der Waals surface area contributed by atoms with E-state index in [0.717, 1.165) is 70.9 Å². The summed E-state index contributed by atoms with van der Waals surface area (Å²) in [6.07, 6.45) is 12.9. The molecule has 2 saturated carbocycles. The van der Waals surface area contributed by atoms with Crippen LogP contribution in [-0.4, -0.2) is 75.5 Å². The second-order valence-electron chi connectivity index (χ2n) is 16.4. The third-order valence-corrected chi connectivity index (χ3v) is 12.6. The molecule has 3 amide bonds. The number of nitrogens with one attached hydrogen (secondary N) is 2. The van der Waals surface area contributed by atoms with Crippen LogP contribution in [-0.2, 0) is 26.2 Å². The molecule has 0 spiro atoms. The maximum absolute atomic E-state index is 13.2. The van der Waals surface area contributed by atoms with Gasteiger partial charge in [-0.25, -0.2) is 4.58 Å². The van der Waals surface area contributed by atoms with Crippen LogP contribution in [0.15, 0.2) is 30.3 Å². The monoisotopic (exact) mass is 666 g/mol. The zero-order valence-corrected chi connectivity index (χ0v) is 30.3. The number of fused-ring (bicyclic) bond motifs is 6. The van der Waals surface area contributed by atoms with E-state index in [1.165, 1.54) is 44.9 Å². The van der Waals surface area contributed by atoms with Crippen LogP contribution in [0.3, 0.4) is 0 Å². The van der Waals surface area contributed by atoms with Crippen molar-refractivity contribution in [1.29, 1.82) is 0 Å². The highest BCUT2D eigenvalue weighted by Gasteiger charge is 2.47. The normalized spacial score (nSPS) is 26.4. The number of carbonyl (C=O) groups excluding carboxylic acids is 3. The summed E-state index contributed by atoms with van der Waals surface area (Å²) < 4.78 is 2.47. The molecule has 2 aromatic carbocycles. The smallest absolute Gasteiger partial charge is 0.239 e. The van der Waals surface area contributed by atoms with Crippen molar-refractivity contribution in [3.8, 4) is 0 Å². The summed E-state index contributed by atoms with van der Waals surface area (Å²) in [4.78, 5) is 42.7. The highest BCUT2D eigenvalue weighted by atomic mass is 16.2. The Hall–Kier alpha value is -3.68. The summed E-state index contributed by atoms with van der Waals surface area (Å²) >= 11 is 0. The van der Waals surface area contributed by atoms with Crippen LogP contribution in [0.1, 0.15) is 100 Å². The number of amides is 3. The Morgan fingerprint density at radius 2 is 1.80 bits per heavy atom. The highest BCUT2D eigenvalue weighted by Crippen LogP contribution is 2.44. The van der Waals surface area contributed by atoms with Crippen molar-refractivity contribution >= 4 is 29.5 Å². The number of nitrogens with zero attached hydrogens (tertiary/aromatic N) is 3. The Bertz CT molecular complexity index is 1760. The lowest BCUT2D eigenvalue weighted by atomic mass is 9.62. The first-order chi connectivity index (χ1) is 23.5. The number of anilines is 1. The predicted octanol–water partition coefficient (Wildman–Crippen LogP) is 3.49. The first-order valence-electron chi connectivity index (χ1n) is 18.9. The van der Waals surface area contributed by atoms with Crippen LogP contribution in [0.25, 0.3) is 6.08 Å². The third-order valence-electron chi connectivity index (χ3n) is 12.6. The average Bonchev–Trinajstić information content (AvgIpc) is 3.08. The van der Waals surface area contributed by atoms with Crippen LogP contribution in [0.5, 0.6) is 0 Å². The van der Waals surface area contributed by atoms with Crippen molar-refractivity contribution < 1.29 is 14.4 Å². The summed E-state index contributed by atoms with van der Waals surface area (Å²) in [6, 6.07) is 12.0. The SMILES string of the molecule is CN(CC(=O)NC1CCC2NC(=O)C3CCCCC3C2C1)C(=O)CCC[N+]1=c2cc3c(cc2CCC1)=Cc1ccc(N(C)C)cc1C3(C)C. The van der Waals surface area contributed by atoms with Crippen molar-refractivity contribution in [2.24, 2.45) is 17.8 Å². The van der Waals surface area contributed by atoms with Gasteiger partial charge in [0.1, 0.15) is 13.1 Å². The Morgan fingerprint density at radius 1 is 0.980 bits per heavy atom. The van der Waals surface area contributed by atoms with Crippen LogP contribution < -0.4 is 30.7 Å². The van der Waals surface area contributed by atoms with Crippen molar-refractivity contribution in [2.75, 3.05) is 45.7 Å². The molecule has 2 aromatic rings. The van der Waals surface area contributed by atoms with Gasteiger partial charge in [-0.1, -0.05) is 32.8 Å². The molecule has 8 heteroatoms. The van der Waals surface area contributed by atoms with Crippen molar-refractivity contribution in [3.05, 3.63) is 63.2 Å². The van der Waals surface area contributed by atoms with E-state index in [-0.39, 0.29) is 47.7 Å². The van der Waals surface area contributed by atoms with E-state index in [4.69, 9.17) is 0 Å². The van der Waals surface area contributed by atoms with Gasteiger partial charge < -0.3 is 20.4 Å². The average molecular weight is 667 g/mol. The lowest BCUT2D eigenvalue weighted by Crippen LogP contribution is -2.59. The molecular weight excluding hydrogens is 610 g/mol. The molecule has 0 bridgehead atoms. The molecular formula is C41H56N5O3+. The lowest BCUT2D eigenvalue weighted by molar-refractivity contribution is -0.137. The van der Waals surface area contributed by atoms with Crippen molar-refractivity contribution in [2.45, 2.75) is 102 Å². The number of hydrogen-bond donors (Lipinski definition) is 2. The molecule has 49 heavy (non-hydrogen) atoms. The molecule has 0 aromatic heterocycles. The van der Waals surface area contributed by atoms with Crippen molar-refractivity contribution in [1.82, 2.24) is 20.1 Å². The van der Waals surface area contributed by atoms with Crippen LogP contribution in [0, 0.1) is 17.8 Å². The largest absolute Gasteiger partial charge is 0.378 e. The van der Waals surface area contributed by atoms with E-state index in [1.807, 2.05) is 0 Å². The fourth-order valence-corrected chi connectivity index (χ4v) is 9.89. The Labute approximate surface area is 292 Å². The van der Waals surface area contributed by atoms with Gasteiger partial charge in [0.2, 0.25) is 23.1 Å². The Kier molecular flexibility index (Phi) is 9.35. The zero-order chi connectivity index (χ0) is 34.4. The van der Waals surface area contributed by atoms with Gasteiger partial charge in [-0.15, -0.1) is 0 Å². The summed E-state index contributed by atoms with van der Waals surface area (Å²) in [5, 5.41) is 9.19. The van der Waals surface area contributed by atoms with Gasteiger partial charge in [0.15, 0.2) is 0 Å². The van der Waals surface area contributed by atoms with E-state index < -0.39 is 0 Å². The fraction of sp³-hybridized carbons (Fsp3) is 0.610. The number of carbonyl (C=O) groups is 3. The second kappa shape index (κ2) is 13.6. The van der Waals surface area contributed by atoms with E-state index >= 15 is 0 Å².